The maximum absolute atomic E-state index is 12.3. The van der Waals surface area contributed by atoms with E-state index in [1.807, 2.05) is 48.5 Å². The van der Waals surface area contributed by atoms with Gasteiger partial charge in [0.2, 0.25) is 5.91 Å². The highest BCUT2D eigenvalue weighted by Crippen LogP contribution is 2.25. The van der Waals surface area contributed by atoms with Crippen LogP contribution in [-0.2, 0) is 10.4 Å². The zero-order chi connectivity index (χ0) is 17.0. The Bertz CT molecular complexity index is 671. The Morgan fingerprint density at radius 3 is 2.46 bits per heavy atom. The van der Waals surface area contributed by atoms with Crippen molar-refractivity contribution in [2.75, 3.05) is 18.0 Å². The molecule has 4 heteroatoms. The van der Waals surface area contributed by atoms with E-state index in [-0.39, 0.29) is 18.4 Å². The highest BCUT2D eigenvalue weighted by molar-refractivity contribution is 5.77. The maximum Gasteiger partial charge on any atom is 0.223 e. The van der Waals surface area contributed by atoms with Crippen molar-refractivity contribution in [1.82, 2.24) is 5.32 Å². The molecule has 2 aromatic rings. The van der Waals surface area contributed by atoms with Crippen molar-refractivity contribution < 1.29 is 9.90 Å². The molecule has 126 valence electrons. The van der Waals surface area contributed by atoms with Gasteiger partial charge in [-0.05, 0) is 31.0 Å². The largest absolute Gasteiger partial charge is 0.385 e. The molecule has 2 atom stereocenters. The number of hydrogen-bond acceptors (Lipinski definition) is 3. The lowest BCUT2D eigenvalue weighted by atomic mass is 9.92. The van der Waals surface area contributed by atoms with Crippen LogP contribution in [0.2, 0.25) is 0 Å². The summed E-state index contributed by atoms with van der Waals surface area (Å²) in [6.07, 6.45) is 0.993. The SMILES string of the molecule is CC(O)(CC(=O)NC1CCN(c2ccccc2)C1)c1ccccc1. The number of nitrogens with zero attached hydrogens (tertiary/aromatic N) is 1. The first-order chi connectivity index (χ1) is 11.5. The van der Waals surface area contributed by atoms with E-state index < -0.39 is 5.60 Å². The predicted octanol–water partition coefficient (Wildman–Crippen LogP) is 2.68. The third kappa shape index (κ3) is 3.95. The van der Waals surface area contributed by atoms with Gasteiger partial charge in [0, 0.05) is 24.8 Å². The second-order valence-corrected chi connectivity index (χ2v) is 6.65. The Labute approximate surface area is 143 Å². The van der Waals surface area contributed by atoms with E-state index in [2.05, 4.69) is 22.3 Å². The number of carbonyl (C=O) groups is 1. The number of rotatable bonds is 5. The lowest BCUT2D eigenvalue weighted by Gasteiger charge is -2.24. The van der Waals surface area contributed by atoms with Crippen LogP contribution in [0, 0.1) is 0 Å². The van der Waals surface area contributed by atoms with E-state index in [1.54, 1.807) is 6.92 Å². The Morgan fingerprint density at radius 2 is 1.79 bits per heavy atom. The number of amides is 1. The van der Waals surface area contributed by atoms with E-state index in [1.165, 1.54) is 5.69 Å². The van der Waals surface area contributed by atoms with Gasteiger partial charge in [-0.1, -0.05) is 48.5 Å². The van der Waals surface area contributed by atoms with E-state index in [9.17, 15) is 9.90 Å². The summed E-state index contributed by atoms with van der Waals surface area (Å²) in [6.45, 7) is 3.43. The second-order valence-electron chi connectivity index (χ2n) is 6.65. The molecule has 24 heavy (non-hydrogen) atoms. The zero-order valence-corrected chi connectivity index (χ0v) is 14.0. The third-order valence-electron chi connectivity index (χ3n) is 4.58. The Balaban J connectivity index is 1.54. The van der Waals surface area contributed by atoms with Gasteiger partial charge in [-0.3, -0.25) is 4.79 Å². The highest BCUT2D eigenvalue weighted by Gasteiger charge is 2.29. The Hall–Kier alpha value is -2.33. The molecule has 1 aliphatic heterocycles. The molecule has 0 bridgehead atoms. The third-order valence-corrected chi connectivity index (χ3v) is 4.58. The van der Waals surface area contributed by atoms with Crippen molar-refractivity contribution in [3.05, 3.63) is 66.2 Å². The van der Waals surface area contributed by atoms with Gasteiger partial charge in [0.25, 0.3) is 0 Å². The van der Waals surface area contributed by atoms with Gasteiger partial charge in [0.15, 0.2) is 0 Å². The van der Waals surface area contributed by atoms with Gasteiger partial charge >= 0.3 is 0 Å². The smallest absolute Gasteiger partial charge is 0.223 e. The van der Waals surface area contributed by atoms with Gasteiger partial charge in [0.05, 0.1) is 12.0 Å². The zero-order valence-electron chi connectivity index (χ0n) is 14.0. The summed E-state index contributed by atoms with van der Waals surface area (Å²) in [6, 6.07) is 19.7. The number of benzene rings is 2. The molecule has 0 saturated carbocycles. The fourth-order valence-corrected chi connectivity index (χ4v) is 3.24. The number of anilines is 1. The molecule has 0 aliphatic carbocycles. The molecule has 1 fully saturated rings. The number of nitrogens with one attached hydrogen (secondary N) is 1. The molecule has 4 nitrogen and oxygen atoms in total. The molecule has 1 aliphatic rings. The summed E-state index contributed by atoms with van der Waals surface area (Å²) >= 11 is 0. The van der Waals surface area contributed by atoms with Crippen LogP contribution in [0.25, 0.3) is 0 Å². The van der Waals surface area contributed by atoms with Crippen LogP contribution < -0.4 is 10.2 Å². The summed E-state index contributed by atoms with van der Waals surface area (Å²) in [5, 5.41) is 13.7. The summed E-state index contributed by atoms with van der Waals surface area (Å²) in [5.74, 6) is -0.108. The van der Waals surface area contributed by atoms with Crippen LogP contribution in [0.1, 0.15) is 25.3 Å². The molecule has 1 saturated heterocycles. The van der Waals surface area contributed by atoms with Crippen LogP contribution in [0.4, 0.5) is 5.69 Å². The minimum atomic E-state index is -1.15. The Kier molecular flexibility index (Phi) is 4.86. The molecule has 0 spiro atoms. The van der Waals surface area contributed by atoms with Crippen LogP contribution in [0.3, 0.4) is 0 Å². The molecule has 2 aromatic carbocycles. The normalized spacial score (nSPS) is 19.8. The average Bonchev–Trinajstić information content (AvgIpc) is 3.04. The summed E-state index contributed by atoms with van der Waals surface area (Å²) in [5.41, 5.74) is 0.797. The number of aliphatic hydroxyl groups is 1. The maximum atomic E-state index is 12.3. The first-order valence-corrected chi connectivity index (χ1v) is 8.42. The van der Waals surface area contributed by atoms with Crippen LogP contribution in [-0.4, -0.2) is 30.1 Å². The summed E-state index contributed by atoms with van der Waals surface area (Å²) in [4.78, 5) is 14.6. The number of hydrogen-bond donors (Lipinski definition) is 2. The van der Waals surface area contributed by atoms with Crippen LogP contribution >= 0.6 is 0 Å². The topological polar surface area (TPSA) is 52.6 Å². The quantitative estimate of drug-likeness (QED) is 0.889. The molecule has 3 rings (SSSR count). The summed E-state index contributed by atoms with van der Waals surface area (Å²) in [7, 11) is 0. The second kappa shape index (κ2) is 7.05. The van der Waals surface area contributed by atoms with E-state index >= 15 is 0 Å². The van der Waals surface area contributed by atoms with Crippen molar-refractivity contribution in [3.8, 4) is 0 Å². The predicted molar refractivity (Wildman–Crippen MR) is 95.8 cm³/mol. The van der Waals surface area contributed by atoms with E-state index in [4.69, 9.17) is 0 Å². The van der Waals surface area contributed by atoms with Crippen LogP contribution in [0.15, 0.2) is 60.7 Å². The van der Waals surface area contributed by atoms with Crippen molar-refractivity contribution in [2.24, 2.45) is 0 Å². The monoisotopic (exact) mass is 324 g/mol. The van der Waals surface area contributed by atoms with Gasteiger partial charge in [0.1, 0.15) is 0 Å². The standard InChI is InChI=1S/C20H24N2O2/c1-20(24,16-8-4-2-5-9-16)14-19(23)21-17-12-13-22(15-17)18-10-6-3-7-11-18/h2-11,17,24H,12-15H2,1H3,(H,21,23). The lowest BCUT2D eigenvalue weighted by Crippen LogP contribution is -2.40. The first kappa shape index (κ1) is 16.5. The van der Waals surface area contributed by atoms with Crippen molar-refractivity contribution in [1.29, 1.82) is 0 Å². The molecule has 2 N–H and O–H groups in total. The molecule has 0 radical (unpaired) electrons. The molecular formula is C20H24N2O2. The van der Waals surface area contributed by atoms with E-state index in [0.717, 1.165) is 25.1 Å². The molecular weight excluding hydrogens is 300 g/mol. The summed E-state index contributed by atoms with van der Waals surface area (Å²) < 4.78 is 0. The first-order valence-electron chi connectivity index (χ1n) is 8.42. The molecule has 0 aromatic heterocycles. The Morgan fingerprint density at radius 1 is 1.17 bits per heavy atom. The number of para-hydroxylation sites is 1. The molecule has 1 amide bonds. The fourth-order valence-electron chi connectivity index (χ4n) is 3.24. The fraction of sp³-hybridized carbons (Fsp3) is 0.350. The number of carbonyl (C=O) groups excluding carboxylic acids is 1. The lowest BCUT2D eigenvalue weighted by molar-refractivity contribution is -0.126. The van der Waals surface area contributed by atoms with Crippen LogP contribution in [0.5, 0.6) is 0 Å². The average molecular weight is 324 g/mol. The van der Waals surface area contributed by atoms with Gasteiger partial charge in [-0.2, -0.15) is 0 Å². The van der Waals surface area contributed by atoms with Crippen molar-refractivity contribution >= 4 is 11.6 Å². The van der Waals surface area contributed by atoms with Crippen molar-refractivity contribution in [3.63, 3.8) is 0 Å². The molecule has 2 unspecified atom stereocenters. The van der Waals surface area contributed by atoms with E-state index in [0.29, 0.717) is 0 Å². The minimum absolute atomic E-state index is 0.0683. The van der Waals surface area contributed by atoms with Gasteiger partial charge in [-0.15, -0.1) is 0 Å². The van der Waals surface area contributed by atoms with Gasteiger partial charge in [-0.25, -0.2) is 0 Å². The molecule has 1 heterocycles. The van der Waals surface area contributed by atoms with Crippen molar-refractivity contribution in [2.45, 2.75) is 31.4 Å². The highest BCUT2D eigenvalue weighted by atomic mass is 16.3. The minimum Gasteiger partial charge on any atom is -0.385 e. The van der Waals surface area contributed by atoms with Gasteiger partial charge < -0.3 is 15.3 Å².